The lowest BCUT2D eigenvalue weighted by Crippen LogP contribution is -2.03. The fraction of sp³-hybridized carbons (Fsp3) is 0.143. The lowest BCUT2D eigenvalue weighted by atomic mass is 10.5. The molecule has 0 amide bonds. The maximum Gasteiger partial charge on any atom is 0.355 e. The smallest absolute Gasteiger partial charge is 0.355 e. The fourth-order valence-corrected chi connectivity index (χ4v) is 1.80. The second-order valence-electron chi connectivity index (χ2n) is 2.21. The van der Waals surface area contributed by atoms with Crippen molar-refractivity contribution in [2.24, 2.45) is 0 Å². The van der Waals surface area contributed by atoms with Crippen molar-refractivity contribution in [3.8, 4) is 0 Å². The molecule has 0 saturated carbocycles. The van der Waals surface area contributed by atoms with Crippen molar-refractivity contribution in [3.63, 3.8) is 0 Å². The molecule has 0 saturated heterocycles. The highest BCUT2D eigenvalue weighted by molar-refractivity contribution is 7.15. The molecule has 0 N–H and O–H groups in total. The van der Waals surface area contributed by atoms with Gasteiger partial charge in [-0.1, -0.05) is 0 Å². The molecule has 0 aliphatic heterocycles. The minimum absolute atomic E-state index is 0.334. The first kappa shape index (κ1) is 7.30. The van der Waals surface area contributed by atoms with Crippen molar-refractivity contribution in [2.75, 3.05) is 7.11 Å². The van der Waals surface area contributed by atoms with Gasteiger partial charge in [0.1, 0.15) is 16.9 Å². The summed E-state index contributed by atoms with van der Waals surface area (Å²) in [7, 11) is 1.36. The normalized spacial score (nSPS) is 10.4. The van der Waals surface area contributed by atoms with Gasteiger partial charge in [-0.15, -0.1) is 11.3 Å². The van der Waals surface area contributed by atoms with Gasteiger partial charge < -0.3 is 4.74 Å². The Morgan fingerprint density at radius 1 is 1.75 bits per heavy atom. The van der Waals surface area contributed by atoms with E-state index in [1.807, 2.05) is 0 Å². The molecule has 0 unspecified atom stereocenters. The largest absolute Gasteiger partial charge is 0.464 e. The molecular weight excluding hydrogens is 176 g/mol. The van der Waals surface area contributed by atoms with E-state index in [0.717, 1.165) is 4.83 Å². The number of esters is 1. The van der Waals surface area contributed by atoms with Crippen LogP contribution in [0.15, 0.2) is 17.9 Å². The number of methoxy groups -OCH3 is 1. The van der Waals surface area contributed by atoms with Crippen LogP contribution in [0.3, 0.4) is 0 Å². The average molecular weight is 182 g/mol. The monoisotopic (exact) mass is 182 g/mol. The van der Waals surface area contributed by atoms with E-state index in [-0.39, 0.29) is 5.97 Å². The summed E-state index contributed by atoms with van der Waals surface area (Å²) in [6.45, 7) is 0. The Kier molecular flexibility index (Phi) is 1.58. The van der Waals surface area contributed by atoms with E-state index in [0.29, 0.717) is 5.69 Å². The van der Waals surface area contributed by atoms with Gasteiger partial charge in [-0.25, -0.2) is 9.78 Å². The van der Waals surface area contributed by atoms with E-state index >= 15 is 0 Å². The summed E-state index contributed by atoms with van der Waals surface area (Å²) >= 11 is 1.46. The number of aromatic nitrogens is 2. The molecule has 0 aliphatic rings. The summed E-state index contributed by atoms with van der Waals surface area (Å²) in [6, 6.07) is 0. The minimum Gasteiger partial charge on any atom is -0.464 e. The topological polar surface area (TPSA) is 43.6 Å². The third-order valence-corrected chi connectivity index (χ3v) is 2.43. The van der Waals surface area contributed by atoms with Crippen LogP contribution in [-0.4, -0.2) is 22.5 Å². The molecule has 4 nitrogen and oxygen atoms in total. The molecule has 2 aromatic rings. The molecule has 62 valence electrons. The predicted molar refractivity (Wildman–Crippen MR) is 44.4 cm³/mol. The molecule has 2 aromatic heterocycles. The average Bonchev–Trinajstić information content (AvgIpc) is 2.62. The number of thiazole rings is 1. The Morgan fingerprint density at radius 3 is 3.33 bits per heavy atom. The highest BCUT2D eigenvalue weighted by Gasteiger charge is 2.11. The van der Waals surface area contributed by atoms with Gasteiger partial charge in [0, 0.05) is 5.38 Å². The number of hydrogen-bond donors (Lipinski definition) is 0. The molecule has 0 aromatic carbocycles. The van der Waals surface area contributed by atoms with Crippen LogP contribution in [0.2, 0.25) is 0 Å². The molecule has 0 aliphatic carbocycles. The van der Waals surface area contributed by atoms with Gasteiger partial charge in [-0.3, -0.25) is 4.40 Å². The van der Waals surface area contributed by atoms with E-state index in [9.17, 15) is 4.79 Å². The summed E-state index contributed by atoms with van der Waals surface area (Å²) in [5.74, 6) is -0.334. The van der Waals surface area contributed by atoms with Crippen molar-refractivity contribution in [1.29, 1.82) is 0 Å². The fourth-order valence-electron chi connectivity index (χ4n) is 0.975. The molecule has 2 heterocycles. The van der Waals surface area contributed by atoms with Crippen LogP contribution < -0.4 is 0 Å². The summed E-state index contributed by atoms with van der Waals surface area (Å²) in [6.07, 6.45) is 3.30. The molecule has 2 rings (SSSR count). The lowest BCUT2D eigenvalue weighted by molar-refractivity contribution is 0.0593. The van der Waals surface area contributed by atoms with Crippen LogP contribution in [-0.2, 0) is 4.74 Å². The number of fused-ring (bicyclic) bond motifs is 1. The molecule has 0 spiro atoms. The summed E-state index contributed by atoms with van der Waals surface area (Å²) in [5, 5.41) is 1.75. The molecule has 0 radical (unpaired) electrons. The van der Waals surface area contributed by atoms with E-state index in [1.165, 1.54) is 18.4 Å². The predicted octanol–water partition coefficient (Wildman–Crippen LogP) is 1.18. The first-order valence-corrected chi connectivity index (χ1v) is 4.19. The Bertz CT molecular complexity index is 418. The Morgan fingerprint density at radius 2 is 2.58 bits per heavy atom. The molecule has 0 fully saturated rings. The lowest BCUT2D eigenvalue weighted by Gasteiger charge is -1.94. The quantitative estimate of drug-likeness (QED) is 0.622. The van der Waals surface area contributed by atoms with Crippen molar-refractivity contribution in [1.82, 2.24) is 9.38 Å². The van der Waals surface area contributed by atoms with Gasteiger partial charge in [-0.2, -0.15) is 0 Å². The number of rotatable bonds is 1. The summed E-state index contributed by atoms with van der Waals surface area (Å²) in [5.41, 5.74) is 0.523. The first-order valence-electron chi connectivity index (χ1n) is 3.31. The summed E-state index contributed by atoms with van der Waals surface area (Å²) in [4.78, 5) is 16.0. The van der Waals surface area contributed by atoms with Crippen molar-refractivity contribution >= 4 is 22.1 Å². The van der Waals surface area contributed by atoms with Crippen LogP contribution in [0.4, 0.5) is 0 Å². The number of imidazole rings is 1. The van der Waals surface area contributed by atoms with Gasteiger partial charge in [0.15, 0.2) is 0 Å². The van der Waals surface area contributed by atoms with Gasteiger partial charge in [0.2, 0.25) is 0 Å². The zero-order chi connectivity index (χ0) is 8.55. The van der Waals surface area contributed by atoms with Gasteiger partial charge in [-0.05, 0) is 0 Å². The number of nitrogens with zero attached hydrogens (tertiary/aromatic N) is 2. The van der Waals surface area contributed by atoms with Crippen LogP contribution in [0, 0.1) is 0 Å². The number of hydrogen-bond acceptors (Lipinski definition) is 4. The zero-order valence-corrected chi connectivity index (χ0v) is 7.17. The molecule has 5 heteroatoms. The maximum absolute atomic E-state index is 11.1. The SMILES string of the molecule is COC(=O)c1csc2cncn12. The van der Waals surface area contributed by atoms with E-state index in [4.69, 9.17) is 0 Å². The van der Waals surface area contributed by atoms with Gasteiger partial charge in [0.05, 0.1) is 13.3 Å². The molecule has 0 bridgehead atoms. The highest BCUT2D eigenvalue weighted by atomic mass is 32.1. The third-order valence-electron chi connectivity index (χ3n) is 1.55. The van der Waals surface area contributed by atoms with Crippen LogP contribution in [0.25, 0.3) is 4.83 Å². The van der Waals surface area contributed by atoms with Crippen molar-refractivity contribution in [2.45, 2.75) is 0 Å². The third kappa shape index (κ3) is 0.902. The van der Waals surface area contributed by atoms with Gasteiger partial charge in [0.25, 0.3) is 0 Å². The second-order valence-corrected chi connectivity index (χ2v) is 3.10. The Balaban J connectivity index is 2.61. The summed E-state index contributed by atoms with van der Waals surface area (Å²) < 4.78 is 6.30. The number of ether oxygens (including phenoxy) is 1. The van der Waals surface area contributed by atoms with Crippen LogP contribution in [0.1, 0.15) is 10.5 Å². The zero-order valence-electron chi connectivity index (χ0n) is 6.35. The maximum atomic E-state index is 11.1. The second kappa shape index (κ2) is 2.60. The van der Waals surface area contributed by atoms with Gasteiger partial charge >= 0.3 is 5.97 Å². The number of carbonyl (C=O) groups is 1. The van der Waals surface area contributed by atoms with E-state index in [1.54, 1.807) is 22.3 Å². The molecule has 0 atom stereocenters. The number of carbonyl (C=O) groups excluding carboxylic acids is 1. The minimum atomic E-state index is -0.334. The highest BCUT2D eigenvalue weighted by Crippen LogP contribution is 2.15. The molecule has 12 heavy (non-hydrogen) atoms. The van der Waals surface area contributed by atoms with Crippen molar-refractivity contribution < 1.29 is 9.53 Å². The van der Waals surface area contributed by atoms with E-state index < -0.39 is 0 Å². The Hall–Kier alpha value is -1.36. The van der Waals surface area contributed by atoms with Crippen molar-refractivity contribution in [3.05, 3.63) is 23.6 Å². The molecular formula is C7H6N2O2S. The van der Waals surface area contributed by atoms with Crippen LogP contribution in [0.5, 0.6) is 0 Å². The van der Waals surface area contributed by atoms with E-state index in [2.05, 4.69) is 9.72 Å². The first-order chi connectivity index (χ1) is 5.83. The van der Waals surface area contributed by atoms with Crippen LogP contribution >= 0.6 is 11.3 Å². The Labute approximate surface area is 72.4 Å². The standard InChI is InChI=1S/C7H6N2O2S/c1-11-7(10)5-3-12-6-2-8-4-9(5)6/h2-4H,1H3.